The lowest BCUT2D eigenvalue weighted by Crippen LogP contribution is -2.38. The van der Waals surface area contributed by atoms with Gasteiger partial charge in [-0.2, -0.15) is 0 Å². The highest BCUT2D eigenvalue weighted by atomic mass is 16.2. The van der Waals surface area contributed by atoms with Crippen LogP contribution in [0.3, 0.4) is 0 Å². The summed E-state index contributed by atoms with van der Waals surface area (Å²) in [5, 5.41) is 0. The maximum absolute atomic E-state index is 11.8. The topological polar surface area (TPSA) is 51.2 Å². The average molecular weight is 238 g/mol. The second-order valence-corrected chi connectivity index (χ2v) is 4.96. The third-order valence-electron chi connectivity index (χ3n) is 3.51. The van der Waals surface area contributed by atoms with Crippen molar-refractivity contribution in [2.45, 2.75) is 58.8 Å². The summed E-state index contributed by atoms with van der Waals surface area (Å²) in [5.74, 6) is -1.24. The van der Waals surface area contributed by atoms with Gasteiger partial charge in [0.05, 0.1) is 0 Å². The van der Waals surface area contributed by atoms with Gasteiger partial charge in [0, 0.05) is 19.3 Å². The van der Waals surface area contributed by atoms with Crippen molar-refractivity contribution >= 4 is 17.3 Å². The van der Waals surface area contributed by atoms with E-state index in [0.717, 1.165) is 25.7 Å². The Kier molecular flexibility index (Phi) is 5.52. The molecule has 0 aliphatic heterocycles. The zero-order valence-corrected chi connectivity index (χ0v) is 10.8. The Morgan fingerprint density at radius 3 is 2.18 bits per heavy atom. The first kappa shape index (κ1) is 14.1. The van der Waals surface area contributed by atoms with Gasteiger partial charge in [-0.1, -0.05) is 33.1 Å². The molecule has 1 saturated carbocycles. The van der Waals surface area contributed by atoms with Gasteiger partial charge < -0.3 is 0 Å². The number of hydrogen-bond acceptors (Lipinski definition) is 3. The lowest BCUT2D eigenvalue weighted by Gasteiger charge is -2.25. The van der Waals surface area contributed by atoms with Gasteiger partial charge in [-0.25, -0.2) is 0 Å². The van der Waals surface area contributed by atoms with E-state index in [1.54, 1.807) is 6.92 Å². The van der Waals surface area contributed by atoms with E-state index in [0.29, 0.717) is 12.8 Å². The summed E-state index contributed by atoms with van der Waals surface area (Å²) in [7, 11) is 0. The fourth-order valence-corrected chi connectivity index (χ4v) is 2.51. The van der Waals surface area contributed by atoms with E-state index >= 15 is 0 Å². The highest BCUT2D eigenvalue weighted by molar-refractivity contribution is 6.20. The minimum atomic E-state index is -0.928. The van der Waals surface area contributed by atoms with Gasteiger partial charge in [0.1, 0.15) is 5.92 Å². The van der Waals surface area contributed by atoms with Crippen LogP contribution in [0.5, 0.6) is 0 Å². The van der Waals surface area contributed by atoms with Crippen LogP contribution in [0.25, 0.3) is 0 Å². The molecule has 1 aliphatic carbocycles. The highest BCUT2D eigenvalue weighted by Crippen LogP contribution is 2.28. The van der Waals surface area contributed by atoms with Crippen LogP contribution < -0.4 is 0 Å². The second kappa shape index (κ2) is 6.67. The van der Waals surface area contributed by atoms with Crippen LogP contribution in [0.1, 0.15) is 58.8 Å². The zero-order valence-electron chi connectivity index (χ0n) is 10.8. The number of hydrogen-bond donors (Lipinski definition) is 0. The third kappa shape index (κ3) is 3.76. The predicted molar refractivity (Wildman–Crippen MR) is 65.7 cm³/mol. The molecular weight excluding hydrogens is 216 g/mol. The summed E-state index contributed by atoms with van der Waals surface area (Å²) in [6.45, 7) is 3.84. The van der Waals surface area contributed by atoms with Crippen LogP contribution in [0.4, 0.5) is 0 Å². The van der Waals surface area contributed by atoms with E-state index in [1.165, 1.54) is 0 Å². The standard InChI is InChI=1S/C14H22O3/c1-3-5-6-7-10-8-12(16)14(11(15)4-2)13(17)9-10/h10,14H,3-9H2,1-2H3. The van der Waals surface area contributed by atoms with E-state index in [2.05, 4.69) is 6.92 Å². The molecule has 0 bridgehead atoms. The minimum Gasteiger partial charge on any atom is -0.298 e. The summed E-state index contributed by atoms with van der Waals surface area (Å²) < 4.78 is 0. The molecule has 0 amide bonds. The predicted octanol–water partition coefficient (Wildman–Crippen LogP) is 2.71. The van der Waals surface area contributed by atoms with E-state index in [9.17, 15) is 14.4 Å². The number of Topliss-reactive ketones (excluding diaryl/α,β-unsaturated/α-hetero) is 3. The lowest BCUT2D eigenvalue weighted by molar-refractivity contribution is -0.143. The Morgan fingerprint density at radius 1 is 1.12 bits per heavy atom. The first-order valence-corrected chi connectivity index (χ1v) is 6.68. The fraction of sp³-hybridized carbons (Fsp3) is 0.786. The Morgan fingerprint density at radius 2 is 1.71 bits per heavy atom. The summed E-state index contributed by atoms with van der Waals surface area (Å²) in [6, 6.07) is 0. The van der Waals surface area contributed by atoms with E-state index in [4.69, 9.17) is 0 Å². The SMILES string of the molecule is CCCCCC1CC(=O)C(C(=O)CC)C(=O)C1. The first-order valence-electron chi connectivity index (χ1n) is 6.68. The number of unbranched alkanes of at least 4 members (excludes halogenated alkanes) is 2. The van der Waals surface area contributed by atoms with Crippen molar-refractivity contribution in [2.24, 2.45) is 11.8 Å². The molecule has 1 rings (SSSR count). The summed E-state index contributed by atoms with van der Waals surface area (Å²) in [6.07, 6.45) is 5.44. The first-order chi connectivity index (χ1) is 8.10. The smallest absolute Gasteiger partial charge is 0.151 e. The molecule has 0 unspecified atom stereocenters. The number of carbonyl (C=O) groups excluding carboxylic acids is 3. The molecule has 0 N–H and O–H groups in total. The molecule has 0 heterocycles. The van der Waals surface area contributed by atoms with Crippen molar-refractivity contribution in [3.05, 3.63) is 0 Å². The van der Waals surface area contributed by atoms with Crippen molar-refractivity contribution in [1.29, 1.82) is 0 Å². The summed E-state index contributed by atoms with van der Waals surface area (Å²) in [4.78, 5) is 35.1. The Balaban J connectivity index is 2.52. The van der Waals surface area contributed by atoms with Crippen LogP contribution in [0.15, 0.2) is 0 Å². The molecule has 0 radical (unpaired) electrons. The van der Waals surface area contributed by atoms with E-state index in [1.807, 2.05) is 0 Å². The maximum Gasteiger partial charge on any atom is 0.151 e. The van der Waals surface area contributed by atoms with E-state index in [-0.39, 0.29) is 29.7 Å². The van der Waals surface area contributed by atoms with Gasteiger partial charge in [0.2, 0.25) is 0 Å². The monoisotopic (exact) mass is 238 g/mol. The fourth-order valence-electron chi connectivity index (χ4n) is 2.51. The molecule has 17 heavy (non-hydrogen) atoms. The van der Waals surface area contributed by atoms with Gasteiger partial charge in [0.15, 0.2) is 17.3 Å². The Bertz CT molecular complexity index is 289. The molecule has 0 aromatic rings. The average Bonchev–Trinajstić information content (AvgIpc) is 2.28. The number of rotatable bonds is 6. The van der Waals surface area contributed by atoms with E-state index < -0.39 is 5.92 Å². The molecule has 1 aliphatic rings. The summed E-state index contributed by atoms with van der Waals surface area (Å²) in [5.41, 5.74) is 0. The molecule has 0 aromatic carbocycles. The van der Waals surface area contributed by atoms with Crippen LogP contribution in [-0.2, 0) is 14.4 Å². The van der Waals surface area contributed by atoms with Gasteiger partial charge in [-0.3, -0.25) is 14.4 Å². The van der Waals surface area contributed by atoms with Crippen molar-refractivity contribution in [3.8, 4) is 0 Å². The van der Waals surface area contributed by atoms with Gasteiger partial charge >= 0.3 is 0 Å². The van der Waals surface area contributed by atoms with Crippen LogP contribution in [0.2, 0.25) is 0 Å². The lowest BCUT2D eigenvalue weighted by atomic mass is 9.76. The molecule has 3 heteroatoms. The molecular formula is C14H22O3. The molecule has 0 aromatic heterocycles. The maximum atomic E-state index is 11.8. The normalized spacial score (nSPS) is 25.1. The number of ketones is 3. The van der Waals surface area contributed by atoms with Crippen LogP contribution in [-0.4, -0.2) is 17.3 Å². The van der Waals surface area contributed by atoms with Crippen molar-refractivity contribution in [1.82, 2.24) is 0 Å². The van der Waals surface area contributed by atoms with Crippen LogP contribution >= 0.6 is 0 Å². The number of carbonyl (C=O) groups is 3. The molecule has 0 atom stereocenters. The third-order valence-corrected chi connectivity index (χ3v) is 3.51. The second-order valence-electron chi connectivity index (χ2n) is 4.96. The molecule has 0 saturated heterocycles. The molecule has 96 valence electrons. The molecule has 1 fully saturated rings. The van der Waals surface area contributed by atoms with Gasteiger partial charge in [-0.05, 0) is 12.3 Å². The molecule has 0 spiro atoms. The van der Waals surface area contributed by atoms with Crippen molar-refractivity contribution < 1.29 is 14.4 Å². The van der Waals surface area contributed by atoms with Gasteiger partial charge in [0.25, 0.3) is 0 Å². The van der Waals surface area contributed by atoms with Crippen molar-refractivity contribution in [3.63, 3.8) is 0 Å². The zero-order chi connectivity index (χ0) is 12.8. The minimum absolute atomic E-state index is 0.144. The van der Waals surface area contributed by atoms with Gasteiger partial charge in [-0.15, -0.1) is 0 Å². The van der Waals surface area contributed by atoms with Crippen molar-refractivity contribution in [2.75, 3.05) is 0 Å². The largest absolute Gasteiger partial charge is 0.298 e. The summed E-state index contributed by atoms with van der Waals surface area (Å²) >= 11 is 0. The Hall–Kier alpha value is -0.990. The Labute approximate surface area is 103 Å². The molecule has 3 nitrogen and oxygen atoms in total. The quantitative estimate of drug-likeness (QED) is 0.528. The highest BCUT2D eigenvalue weighted by Gasteiger charge is 2.38. The van der Waals surface area contributed by atoms with Crippen LogP contribution in [0, 0.1) is 11.8 Å².